The summed E-state index contributed by atoms with van der Waals surface area (Å²) in [7, 11) is 1.36. The summed E-state index contributed by atoms with van der Waals surface area (Å²) in [6.07, 6.45) is 3.26. The van der Waals surface area contributed by atoms with Crippen LogP contribution in [0.25, 0.3) is 11.0 Å². The van der Waals surface area contributed by atoms with E-state index in [2.05, 4.69) is 15.1 Å². The lowest BCUT2D eigenvalue weighted by Gasteiger charge is -2.32. The molecule has 0 saturated carbocycles. The fourth-order valence-corrected chi connectivity index (χ4v) is 2.12. The molecule has 0 radical (unpaired) electrons. The van der Waals surface area contributed by atoms with Gasteiger partial charge in [0.05, 0.1) is 28.4 Å². The predicted molar refractivity (Wildman–Crippen MR) is 72.0 cm³/mol. The van der Waals surface area contributed by atoms with E-state index in [0.717, 1.165) is 16.6 Å². The average Bonchev–Trinajstić information content (AvgIpc) is 2.78. The van der Waals surface area contributed by atoms with Gasteiger partial charge in [-0.05, 0) is 27.7 Å². The van der Waals surface area contributed by atoms with Gasteiger partial charge < -0.3 is 9.31 Å². The molecule has 0 spiro atoms. The van der Waals surface area contributed by atoms with Crippen molar-refractivity contribution in [2.24, 2.45) is 7.05 Å². The molecule has 2 aromatic rings. The highest BCUT2D eigenvalue weighted by Crippen LogP contribution is 2.36. The van der Waals surface area contributed by atoms with E-state index in [9.17, 15) is 0 Å². The highest BCUT2D eigenvalue weighted by molar-refractivity contribution is 6.64. The summed E-state index contributed by atoms with van der Waals surface area (Å²) in [6.45, 7) is 8.09. The van der Waals surface area contributed by atoms with Gasteiger partial charge in [0.15, 0.2) is 5.65 Å². The number of aryl methyl sites for hydroxylation is 1. The summed E-state index contributed by atoms with van der Waals surface area (Å²) in [4.78, 5) is 8.54. The van der Waals surface area contributed by atoms with Crippen LogP contribution in [0.4, 0.5) is 0 Å². The third-order valence-electron chi connectivity index (χ3n) is 4.04. The van der Waals surface area contributed by atoms with Crippen LogP contribution in [0.5, 0.6) is 0 Å². The lowest BCUT2D eigenvalue weighted by molar-refractivity contribution is 0.00578. The SMILES string of the molecule is Cn1ncc2c(B3OC(C)(C)C(C)(C)O3)ncnc21. The maximum absolute atomic E-state index is 6.02. The number of aromatic nitrogens is 4. The van der Waals surface area contributed by atoms with E-state index in [-0.39, 0.29) is 11.2 Å². The first-order valence-electron chi connectivity index (χ1n) is 6.30. The quantitative estimate of drug-likeness (QED) is 0.705. The minimum atomic E-state index is -0.486. The molecule has 1 fully saturated rings. The van der Waals surface area contributed by atoms with Gasteiger partial charge in [0, 0.05) is 7.05 Å². The van der Waals surface area contributed by atoms with E-state index in [1.54, 1.807) is 10.9 Å². The highest BCUT2D eigenvalue weighted by atomic mass is 16.7. The molecule has 0 bridgehead atoms. The first-order valence-corrected chi connectivity index (χ1v) is 6.30. The first kappa shape index (κ1) is 12.6. The van der Waals surface area contributed by atoms with Crippen molar-refractivity contribution in [2.45, 2.75) is 38.9 Å². The molecule has 1 aliphatic rings. The van der Waals surface area contributed by atoms with Gasteiger partial charge in [0.1, 0.15) is 6.33 Å². The van der Waals surface area contributed by atoms with Gasteiger partial charge >= 0.3 is 7.12 Å². The topological polar surface area (TPSA) is 62.1 Å². The van der Waals surface area contributed by atoms with E-state index in [0.29, 0.717) is 0 Å². The lowest BCUT2D eigenvalue weighted by Crippen LogP contribution is -2.41. The number of fused-ring (bicyclic) bond motifs is 1. The number of nitrogens with zero attached hydrogens (tertiary/aromatic N) is 4. The van der Waals surface area contributed by atoms with Gasteiger partial charge in [-0.15, -0.1) is 0 Å². The van der Waals surface area contributed by atoms with Crippen LogP contribution in [0.2, 0.25) is 0 Å². The minimum Gasteiger partial charge on any atom is -0.398 e. The van der Waals surface area contributed by atoms with Gasteiger partial charge in [-0.2, -0.15) is 5.10 Å². The zero-order valence-electron chi connectivity index (χ0n) is 11.8. The summed E-state index contributed by atoms with van der Waals surface area (Å²) in [6, 6.07) is 0. The molecule has 3 heterocycles. The summed E-state index contributed by atoms with van der Waals surface area (Å²) in [5.74, 6) is 0. The lowest BCUT2D eigenvalue weighted by atomic mass is 9.82. The zero-order valence-corrected chi connectivity index (χ0v) is 11.8. The number of rotatable bonds is 1. The molecule has 0 N–H and O–H groups in total. The molecule has 0 aliphatic carbocycles. The van der Waals surface area contributed by atoms with Crippen LogP contribution in [0, 0.1) is 0 Å². The van der Waals surface area contributed by atoms with Gasteiger partial charge in [-0.3, -0.25) is 4.68 Å². The van der Waals surface area contributed by atoms with Crippen LogP contribution in [0.15, 0.2) is 12.5 Å². The highest BCUT2D eigenvalue weighted by Gasteiger charge is 2.52. The van der Waals surface area contributed by atoms with Gasteiger partial charge in [0.2, 0.25) is 0 Å². The molecule has 1 saturated heterocycles. The molecule has 100 valence electrons. The van der Waals surface area contributed by atoms with Crippen molar-refractivity contribution in [1.29, 1.82) is 0 Å². The second kappa shape index (κ2) is 3.77. The van der Waals surface area contributed by atoms with E-state index >= 15 is 0 Å². The second-order valence-corrected chi connectivity index (χ2v) is 5.85. The van der Waals surface area contributed by atoms with Crippen molar-refractivity contribution in [2.75, 3.05) is 0 Å². The third kappa shape index (κ3) is 1.76. The molecular weight excluding hydrogens is 243 g/mol. The Hall–Kier alpha value is -1.47. The van der Waals surface area contributed by atoms with E-state index in [4.69, 9.17) is 9.31 Å². The van der Waals surface area contributed by atoms with Crippen LogP contribution >= 0.6 is 0 Å². The summed E-state index contributed by atoms with van der Waals surface area (Å²) in [5.41, 5.74) is 0.755. The summed E-state index contributed by atoms with van der Waals surface area (Å²) < 4.78 is 13.7. The summed E-state index contributed by atoms with van der Waals surface area (Å²) >= 11 is 0. The van der Waals surface area contributed by atoms with Crippen molar-refractivity contribution in [3.05, 3.63) is 12.5 Å². The molecule has 0 unspecified atom stereocenters. The van der Waals surface area contributed by atoms with Crippen molar-refractivity contribution in [3.63, 3.8) is 0 Å². The largest absolute Gasteiger partial charge is 0.515 e. The Labute approximate surface area is 112 Å². The minimum absolute atomic E-state index is 0.378. The van der Waals surface area contributed by atoms with E-state index in [1.807, 2.05) is 34.7 Å². The molecule has 0 amide bonds. The van der Waals surface area contributed by atoms with Crippen LogP contribution in [0.1, 0.15) is 27.7 Å². The van der Waals surface area contributed by atoms with Crippen molar-refractivity contribution >= 4 is 23.7 Å². The molecule has 1 aliphatic heterocycles. The Morgan fingerprint density at radius 2 is 1.74 bits per heavy atom. The second-order valence-electron chi connectivity index (χ2n) is 5.85. The molecule has 7 heteroatoms. The van der Waals surface area contributed by atoms with Gasteiger partial charge in [-0.25, -0.2) is 9.97 Å². The van der Waals surface area contributed by atoms with Gasteiger partial charge in [0.25, 0.3) is 0 Å². The third-order valence-corrected chi connectivity index (χ3v) is 4.04. The standard InChI is InChI=1S/C12H17BN4O2/c1-11(2)12(3,4)19-13(18-11)9-8-6-16-17(5)10(8)15-7-14-9/h6-7H,1-5H3. The van der Waals surface area contributed by atoms with E-state index < -0.39 is 7.12 Å². The van der Waals surface area contributed by atoms with Crippen LogP contribution in [-0.2, 0) is 16.4 Å². The van der Waals surface area contributed by atoms with Crippen molar-refractivity contribution in [1.82, 2.24) is 19.7 Å². The molecular formula is C12H17BN4O2. The van der Waals surface area contributed by atoms with Crippen LogP contribution in [-0.4, -0.2) is 38.1 Å². The Kier molecular flexibility index (Phi) is 2.49. The monoisotopic (exact) mass is 260 g/mol. The predicted octanol–water partition coefficient (Wildman–Crippen LogP) is 0.662. The zero-order chi connectivity index (χ0) is 13.8. The maximum Gasteiger partial charge on any atom is 0.515 e. The molecule has 0 atom stereocenters. The first-order chi connectivity index (χ1) is 8.82. The van der Waals surface area contributed by atoms with Crippen molar-refractivity contribution < 1.29 is 9.31 Å². The maximum atomic E-state index is 6.02. The average molecular weight is 260 g/mol. The number of hydrogen-bond donors (Lipinski definition) is 0. The molecule has 19 heavy (non-hydrogen) atoms. The summed E-state index contributed by atoms with van der Waals surface area (Å²) in [5, 5.41) is 5.07. The van der Waals surface area contributed by atoms with Gasteiger partial charge in [-0.1, -0.05) is 0 Å². The molecule has 0 aromatic carbocycles. The fraction of sp³-hybridized carbons (Fsp3) is 0.583. The Bertz CT molecular complexity index is 622. The molecule has 2 aromatic heterocycles. The molecule has 3 rings (SSSR count). The molecule has 6 nitrogen and oxygen atoms in total. The van der Waals surface area contributed by atoms with Crippen molar-refractivity contribution in [3.8, 4) is 0 Å². The Morgan fingerprint density at radius 3 is 2.37 bits per heavy atom. The smallest absolute Gasteiger partial charge is 0.398 e. The van der Waals surface area contributed by atoms with E-state index in [1.165, 1.54) is 6.33 Å². The normalized spacial score (nSPS) is 21.2. The number of hydrogen-bond acceptors (Lipinski definition) is 5. The Balaban J connectivity index is 2.07. The van der Waals surface area contributed by atoms with Crippen LogP contribution in [0.3, 0.4) is 0 Å². The van der Waals surface area contributed by atoms with Crippen LogP contribution < -0.4 is 5.59 Å². The fourth-order valence-electron chi connectivity index (χ4n) is 2.12. The Morgan fingerprint density at radius 1 is 1.11 bits per heavy atom.